The van der Waals surface area contributed by atoms with Gasteiger partial charge in [0, 0.05) is 31.2 Å². The third-order valence-electron chi connectivity index (χ3n) is 3.71. The fourth-order valence-electron chi connectivity index (χ4n) is 2.52. The average Bonchev–Trinajstić information content (AvgIpc) is 2.46. The maximum Gasteiger partial charge on any atom is 0.410 e. The van der Waals surface area contributed by atoms with Crippen molar-refractivity contribution in [1.82, 2.24) is 14.9 Å². The van der Waals surface area contributed by atoms with Gasteiger partial charge in [0.1, 0.15) is 10.6 Å². The van der Waals surface area contributed by atoms with Gasteiger partial charge in [-0.15, -0.1) is 0 Å². The largest absolute Gasteiger partial charge is 0.444 e. The Morgan fingerprint density at radius 1 is 1.30 bits per heavy atom. The van der Waals surface area contributed by atoms with Crippen LogP contribution in [0.1, 0.15) is 39.3 Å². The predicted octanol–water partition coefficient (Wildman–Crippen LogP) is 2.54. The smallest absolute Gasteiger partial charge is 0.410 e. The minimum absolute atomic E-state index is 0.262. The predicted molar refractivity (Wildman–Crippen MR) is 88.6 cm³/mol. The zero-order chi connectivity index (χ0) is 17.0. The first-order chi connectivity index (χ1) is 10.8. The van der Waals surface area contributed by atoms with Crippen molar-refractivity contribution < 1.29 is 13.7 Å². The molecule has 128 valence electrons. The molecular weight excluding hydrogens is 314 g/mol. The number of aromatic nitrogens is 2. The van der Waals surface area contributed by atoms with Gasteiger partial charge < -0.3 is 9.64 Å². The molecule has 1 aromatic heterocycles. The van der Waals surface area contributed by atoms with Crippen molar-refractivity contribution in [3.8, 4) is 0 Å². The highest BCUT2D eigenvalue weighted by Crippen LogP contribution is 2.22. The highest BCUT2D eigenvalue weighted by atomic mass is 32.2. The molecule has 0 bridgehead atoms. The average molecular weight is 339 g/mol. The van der Waals surface area contributed by atoms with E-state index in [0.29, 0.717) is 29.8 Å². The van der Waals surface area contributed by atoms with Gasteiger partial charge in [-0.25, -0.2) is 9.78 Å². The monoisotopic (exact) mass is 339 g/mol. The zero-order valence-corrected chi connectivity index (χ0v) is 15.1. The molecule has 0 aromatic carbocycles. The first-order valence-electron chi connectivity index (χ1n) is 7.90. The fraction of sp³-hybridized carbons (Fsp3) is 0.688. The highest BCUT2D eigenvalue weighted by molar-refractivity contribution is 7.85. The van der Waals surface area contributed by atoms with Gasteiger partial charge in [-0.2, -0.15) is 0 Å². The van der Waals surface area contributed by atoms with Gasteiger partial charge in [0.15, 0.2) is 0 Å². The summed E-state index contributed by atoms with van der Waals surface area (Å²) in [4.78, 5) is 22.1. The van der Waals surface area contributed by atoms with E-state index in [9.17, 15) is 9.00 Å². The van der Waals surface area contributed by atoms with Crippen LogP contribution in [0, 0.1) is 12.8 Å². The van der Waals surface area contributed by atoms with Crippen LogP contribution < -0.4 is 0 Å². The lowest BCUT2D eigenvalue weighted by Gasteiger charge is -2.33. The van der Waals surface area contributed by atoms with Gasteiger partial charge in [0.2, 0.25) is 0 Å². The van der Waals surface area contributed by atoms with Crippen molar-refractivity contribution in [2.24, 2.45) is 5.92 Å². The molecule has 1 saturated heterocycles. The molecule has 1 aliphatic heterocycles. The fourth-order valence-corrected chi connectivity index (χ4v) is 4.00. The lowest BCUT2D eigenvalue weighted by Crippen LogP contribution is -2.42. The van der Waals surface area contributed by atoms with Crippen LogP contribution in [0.25, 0.3) is 0 Å². The summed E-state index contributed by atoms with van der Waals surface area (Å²) in [6.07, 6.45) is 4.59. The van der Waals surface area contributed by atoms with E-state index < -0.39 is 16.4 Å². The van der Waals surface area contributed by atoms with E-state index in [1.807, 2.05) is 27.7 Å². The summed E-state index contributed by atoms with van der Waals surface area (Å²) >= 11 is 0. The molecule has 2 heterocycles. The van der Waals surface area contributed by atoms with E-state index in [1.54, 1.807) is 17.3 Å². The lowest BCUT2D eigenvalue weighted by atomic mass is 9.99. The molecule has 1 aliphatic rings. The maximum atomic E-state index is 12.4. The molecule has 1 aromatic rings. The molecule has 0 N–H and O–H groups in total. The van der Waals surface area contributed by atoms with Crippen LogP contribution in [0.3, 0.4) is 0 Å². The molecule has 0 aliphatic carbocycles. The molecule has 1 atom stereocenters. The Morgan fingerprint density at radius 3 is 2.48 bits per heavy atom. The second-order valence-electron chi connectivity index (χ2n) is 6.87. The van der Waals surface area contributed by atoms with Gasteiger partial charge in [0.05, 0.1) is 16.5 Å². The van der Waals surface area contributed by atoms with Gasteiger partial charge in [0.25, 0.3) is 0 Å². The van der Waals surface area contributed by atoms with E-state index in [-0.39, 0.29) is 6.09 Å². The lowest BCUT2D eigenvalue weighted by molar-refractivity contribution is 0.0191. The van der Waals surface area contributed by atoms with Crippen LogP contribution in [0.4, 0.5) is 4.79 Å². The van der Waals surface area contributed by atoms with Crippen LogP contribution in [-0.2, 0) is 15.5 Å². The summed E-state index contributed by atoms with van der Waals surface area (Å²) in [6.45, 7) is 8.72. The number of carbonyl (C=O) groups excluding carboxylic acids is 1. The maximum absolute atomic E-state index is 12.4. The molecule has 0 saturated carbocycles. The normalized spacial score (nSPS) is 17.8. The van der Waals surface area contributed by atoms with E-state index in [1.165, 1.54) is 0 Å². The number of piperidine rings is 1. The highest BCUT2D eigenvalue weighted by Gasteiger charge is 2.28. The zero-order valence-electron chi connectivity index (χ0n) is 14.2. The second kappa shape index (κ2) is 7.38. The van der Waals surface area contributed by atoms with E-state index in [0.717, 1.165) is 18.5 Å². The standard InChI is InChI=1S/C16H25N3O3S/c1-12-14(18-8-7-17-12)23(21)11-13-5-9-19(10-6-13)15(20)22-16(2,3)4/h7-8,13H,5-6,9-11H2,1-4H3/t23-/m0/s1. The van der Waals surface area contributed by atoms with Crippen LogP contribution in [0.2, 0.25) is 0 Å². The van der Waals surface area contributed by atoms with Crippen LogP contribution >= 0.6 is 0 Å². The summed E-state index contributed by atoms with van der Waals surface area (Å²) in [7, 11) is -1.14. The van der Waals surface area contributed by atoms with E-state index in [4.69, 9.17) is 4.74 Å². The Morgan fingerprint density at radius 2 is 1.91 bits per heavy atom. The minimum Gasteiger partial charge on any atom is -0.444 e. The number of likely N-dealkylation sites (tertiary alicyclic amines) is 1. The molecule has 6 nitrogen and oxygen atoms in total. The van der Waals surface area contributed by atoms with Gasteiger partial charge in [-0.3, -0.25) is 9.19 Å². The third-order valence-corrected chi connectivity index (χ3v) is 5.31. The van der Waals surface area contributed by atoms with Crippen LogP contribution in [0.5, 0.6) is 0 Å². The molecule has 0 spiro atoms. The number of nitrogens with zero attached hydrogens (tertiary/aromatic N) is 3. The molecule has 1 amide bonds. The SMILES string of the molecule is Cc1nccnc1[S@@](=O)CC1CCN(C(=O)OC(C)(C)C)CC1. The Kier molecular flexibility index (Phi) is 5.73. The minimum atomic E-state index is -1.14. The Balaban J connectivity index is 1.84. The summed E-state index contributed by atoms with van der Waals surface area (Å²) < 4.78 is 17.8. The molecule has 0 unspecified atom stereocenters. The molecule has 7 heteroatoms. The molecule has 2 rings (SSSR count). The summed E-state index contributed by atoms with van der Waals surface area (Å²) in [5, 5.41) is 0.571. The van der Waals surface area contributed by atoms with Crippen LogP contribution in [0.15, 0.2) is 17.4 Å². The Labute approximate surface area is 140 Å². The number of carbonyl (C=O) groups is 1. The van der Waals surface area contributed by atoms with Crippen molar-refractivity contribution in [3.63, 3.8) is 0 Å². The quantitative estimate of drug-likeness (QED) is 0.846. The first kappa shape index (κ1) is 17.8. The van der Waals surface area contributed by atoms with Crippen molar-refractivity contribution in [3.05, 3.63) is 18.1 Å². The van der Waals surface area contributed by atoms with Crippen molar-refractivity contribution in [1.29, 1.82) is 0 Å². The van der Waals surface area contributed by atoms with Gasteiger partial charge in [-0.1, -0.05) is 0 Å². The number of amides is 1. The Bertz CT molecular complexity index is 578. The second-order valence-corrected chi connectivity index (χ2v) is 8.28. The molecular formula is C16H25N3O3S. The number of aryl methyl sites for hydroxylation is 1. The number of hydrogen-bond acceptors (Lipinski definition) is 5. The van der Waals surface area contributed by atoms with E-state index in [2.05, 4.69) is 9.97 Å². The van der Waals surface area contributed by atoms with Crippen molar-refractivity contribution in [2.45, 2.75) is 51.2 Å². The van der Waals surface area contributed by atoms with Crippen molar-refractivity contribution in [2.75, 3.05) is 18.8 Å². The van der Waals surface area contributed by atoms with E-state index >= 15 is 0 Å². The molecule has 0 radical (unpaired) electrons. The first-order valence-corrected chi connectivity index (χ1v) is 9.22. The Hall–Kier alpha value is -1.50. The van der Waals surface area contributed by atoms with Gasteiger partial charge >= 0.3 is 6.09 Å². The topological polar surface area (TPSA) is 72.4 Å². The van der Waals surface area contributed by atoms with Gasteiger partial charge in [-0.05, 0) is 46.5 Å². The van der Waals surface area contributed by atoms with Crippen molar-refractivity contribution >= 4 is 16.9 Å². The number of rotatable bonds is 3. The molecule has 23 heavy (non-hydrogen) atoms. The number of hydrogen-bond donors (Lipinski definition) is 0. The molecule has 1 fully saturated rings. The summed E-state index contributed by atoms with van der Waals surface area (Å²) in [5.74, 6) is 0.901. The summed E-state index contributed by atoms with van der Waals surface area (Å²) in [6, 6.07) is 0. The summed E-state index contributed by atoms with van der Waals surface area (Å²) in [5.41, 5.74) is 0.246. The third kappa shape index (κ3) is 5.27. The van der Waals surface area contributed by atoms with Crippen LogP contribution in [-0.4, -0.2) is 49.6 Å². The number of ether oxygens (including phenoxy) is 1.